The molecule has 1 aromatic heterocycles. The van der Waals surface area contributed by atoms with Crippen molar-refractivity contribution in [1.29, 1.82) is 0 Å². The molecule has 0 aliphatic rings. The summed E-state index contributed by atoms with van der Waals surface area (Å²) in [6, 6.07) is 4.06. The Bertz CT molecular complexity index is 605. The number of hydrogen-bond acceptors (Lipinski definition) is 5. The van der Waals surface area contributed by atoms with Gasteiger partial charge in [0.15, 0.2) is 0 Å². The van der Waals surface area contributed by atoms with Crippen molar-refractivity contribution < 1.29 is 13.9 Å². The van der Waals surface area contributed by atoms with Gasteiger partial charge < -0.3 is 10.1 Å². The molecule has 0 aliphatic carbocycles. The van der Waals surface area contributed by atoms with Crippen LogP contribution in [0.2, 0.25) is 0 Å². The van der Waals surface area contributed by atoms with Crippen LogP contribution in [0.1, 0.15) is 29.0 Å². The molecule has 2 aromatic rings. The number of aromatic nitrogens is 2. The average Bonchev–Trinajstić information content (AvgIpc) is 2.49. The molecule has 5 nitrogen and oxygen atoms in total. The largest absolute Gasteiger partial charge is 0.465 e. The van der Waals surface area contributed by atoms with Gasteiger partial charge in [0.25, 0.3) is 0 Å². The van der Waals surface area contributed by atoms with Crippen LogP contribution in [0.15, 0.2) is 36.8 Å². The van der Waals surface area contributed by atoms with Gasteiger partial charge in [0, 0.05) is 18.1 Å². The average molecular weight is 275 g/mol. The van der Waals surface area contributed by atoms with E-state index in [2.05, 4.69) is 20.0 Å². The Morgan fingerprint density at radius 1 is 1.40 bits per heavy atom. The van der Waals surface area contributed by atoms with Crippen LogP contribution in [0.5, 0.6) is 0 Å². The molecule has 104 valence electrons. The zero-order chi connectivity index (χ0) is 14.5. The van der Waals surface area contributed by atoms with Crippen molar-refractivity contribution >= 4 is 11.7 Å². The van der Waals surface area contributed by atoms with E-state index in [0.29, 0.717) is 5.69 Å². The van der Waals surface area contributed by atoms with Gasteiger partial charge in [-0.1, -0.05) is 0 Å². The van der Waals surface area contributed by atoms with Gasteiger partial charge in [-0.15, -0.1) is 0 Å². The first-order chi connectivity index (χ1) is 9.61. The van der Waals surface area contributed by atoms with Gasteiger partial charge in [-0.3, -0.25) is 9.97 Å². The number of ether oxygens (including phenoxy) is 1. The molecule has 1 atom stereocenters. The maximum atomic E-state index is 13.5. The second-order valence-electron chi connectivity index (χ2n) is 4.18. The quantitative estimate of drug-likeness (QED) is 0.869. The fourth-order valence-corrected chi connectivity index (χ4v) is 1.74. The summed E-state index contributed by atoms with van der Waals surface area (Å²) in [4.78, 5) is 19.6. The lowest BCUT2D eigenvalue weighted by Crippen LogP contribution is -2.10. The Balaban J connectivity index is 2.20. The first-order valence-electron chi connectivity index (χ1n) is 6.02. The molecule has 0 radical (unpaired) electrons. The van der Waals surface area contributed by atoms with Crippen LogP contribution >= 0.6 is 0 Å². The molecule has 1 heterocycles. The zero-order valence-electron chi connectivity index (χ0n) is 11.1. The summed E-state index contributed by atoms with van der Waals surface area (Å²) < 4.78 is 18.0. The van der Waals surface area contributed by atoms with Crippen LogP contribution in [-0.4, -0.2) is 23.0 Å². The number of benzene rings is 1. The summed E-state index contributed by atoms with van der Waals surface area (Å²) in [5.41, 5.74) is 1.24. The van der Waals surface area contributed by atoms with Crippen molar-refractivity contribution in [3.05, 3.63) is 53.9 Å². The van der Waals surface area contributed by atoms with Crippen LogP contribution in [0.3, 0.4) is 0 Å². The lowest BCUT2D eigenvalue weighted by Gasteiger charge is -2.15. The molecule has 1 unspecified atom stereocenters. The van der Waals surface area contributed by atoms with Crippen LogP contribution in [0.4, 0.5) is 10.1 Å². The van der Waals surface area contributed by atoms with Gasteiger partial charge in [0.2, 0.25) is 0 Å². The monoisotopic (exact) mass is 275 g/mol. The minimum atomic E-state index is -0.710. The van der Waals surface area contributed by atoms with Gasteiger partial charge in [-0.25, -0.2) is 9.18 Å². The van der Waals surface area contributed by atoms with E-state index in [1.165, 1.54) is 19.2 Å². The van der Waals surface area contributed by atoms with Crippen molar-refractivity contribution in [3.63, 3.8) is 0 Å². The molecular weight excluding hydrogens is 261 g/mol. The molecule has 0 saturated heterocycles. The standard InChI is InChI=1S/C14H14FN3O2/c1-9(13-8-16-5-6-17-13)18-10-3-4-12(15)11(7-10)14(19)20-2/h3-9,18H,1-2H3. The second kappa shape index (κ2) is 6.10. The van der Waals surface area contributed by atoms with Gasteiger partial charge in [0.05, 0.1) is 30.6 Å². The molecular formula is C14H14FN3O2. The molecule has 0 amide bonds. The molecule has 20 heavy (non-hydrogen) atoms. The first kappa shape index (κ1) is 13.9. The van der Waals surface area contributed by atoms with Crippen molar-refractivity contribution in [1.82, 2.24) is 9.97 Å². The van der Waals surface area contributed by atoms with E-state index >= 15 is 0 Å². The lowest BCUT2D eigenvalue weighted by atomic mass is 10.1. The topological polar surface area (TPSA) is 64.1 Å². The molecule has 1 aromatic carbocycles. The third-order valence-corrected chi connectivity index (χ3v) is 2.78. The Morgan fingerprint density at radius 3 is 2.85 bits per heavy atom. The van der Waals surface area contributed by atoms with E-state index in [-0.39, 0.29) is 11.6 Å². The minimum absolute atomic E-state index is 0.108. The zero-order valence-corrected chi connectivity index (χ0v) is 11.1. The highest BCUT2D eigenvalue weighted by Crippen LogP contribution is 2.20. The van der Waals surface area contributed by atoms with Crippen molar-refractivity contribution in [3.8, 4) is 0 Å². The predicted octanol–water partition coefficient (Wildman–Crippen LogP) is 2.58. The number of esters is 1. The summed E-state index contributed by atoms with van der Waals surface area (Å²) in [5.74, 6) is -1.33. The highest BCUT2D eigenvalue weighted by Gasteiger charge is 2.14. The van der Waals surface area contributed by atoms with E-state index in [0.717, 1.165) is 5.69 Å². The smallest absolute Gasteiger partial charge is 0.340 e. The number of methoxy groups -OCH3 is 1. The Labute approximate surface area is 115 Å². The fourth-order valence-electron chi connectivity index (χ4n) is 1.74. The Hall–Kier alpha value is -2.50. The predicted molar refractivity (Wildman–Crippen MR) is 71.8 cm³/mol. The van der Waals surface area contributed by atoms with Crippen molar-refractivity contribution in [2.24, 2.45) is 0 Å². The summed E-state index contributed by atoms with van der Waals surface area (Å²) in [6.45, 7) is 1.89. The molecule has 0 spiro atoms. The lowest BCUT2D eigenvalue weighted by molar-refractivity contribution is 0.0595. The normalized spacial score (nSPS) is 11.8. The van der Waals surface area contributed by atoms with Crippen LogP contribution in [0.25, 0.3) is 0 Å². The summed E-state index contributed by atoms with van der Waals surface area (Å²) >= 11 is 0. The molecule has 0 aliphatic heterocycles. The van der Waals surface area contributed by atoms with Gasteiger partial charge in [-0.05, 0) is 25.1 Å². The number of carbonyl (C=O) groups is 1. The molecule has 0 saturated carbocycles. The summed E-state index contributed by atoms with van der Waals surface area (Å²) in [7, 11) is 1.21. The second-order valence-corrected chi connectivity index (χ2v) is 4.18. The Morgan fingerprint density at radius 2 is 2.20 bits per heavy atom. The number of hydrogen-bond donors (Lipinski definition) is 1. The third kappa shape index (κ3) is 3.09. The van der Waals surface area contributed by atoms with E-state index in [1.807, 2.05) is 6.92 Å². The molecule has 1 N–H and O–H groups in total. The molecule has 0 bridgehead atoms. The molecule has 0 fully saturated rings. The maximum Gasteiger partial charge on any atom is 0.340 e. The van der Waals surface area contributed by atoms with Crippen molar-refractivity contribution in [2.45, 2.75) is 13.0 Å². The van der Waals surface area contributed by atoms with E-state index < -0.39 is 11.8 Å². The van der Waals surface area contributed by atoms with Gasteiger partial charge in [0.1, 0.15) is 5.82 Å². The summed E-state index contributed by atoms with van der Waals surface area (Å²) in [6.07, 6.45) is 4.82. The highest BCUT2D eigenvalue weighted by molar-refractivity contribution is 5.90. The number of carbonyl (C=O) groups excluding carboxylic acids is 1. The molecule has 2 rings (SSSR count). The van der Waals surface area contributed by atoms with Crippen LogP contribution in [-0.2, 0) is 4.74 Å². The van der Waals surface area contributed by atoms with Crippen LogP contribution in [0, 0.1) is 5.82 Å². The molecule has 6 heteroatoms. The Kier molecular flexibility index (Phi) is 4.24. The highest BCUT2D eigenvalue weighted by atomic mass is 19.1. The van der Waals surface area contributed by atoms with Crippen molar-refractivity contribution in [2.75, 3.05) is 12.4 Å². The van der Waals surface area contributed by atoms with Gasteiger partial charge in [-0.2, -0.15) is 0 Å². The maximum absolute atomic E-state index is 13.5. The number of nitrogens with one attached hydrogen (secondary N) is 1. The van der Waals surface area contributed by atoms with E-state index in [1.54, 1.807) is 24.7 Å². The van der Waals surface area contributed by atoms with Crippen LogP contribution < -0.4 is 5.32 Å². The summed E-state index contributed by atoms with van der Waals surface area (Å²) in [5, 5.41) is 3.13. The SMILES string of the molecule is COC(=O)c1cc(NC(C)c2cnccn2)ccc1F. The fraction of sp³-hybridized carbons (Fsp3) is 0.214. The number of halogens is 1. The van der Waals surface area contributed by atoms with E-state index in [4.69, 9.17) is 0 Å². The number of rotatable bonds is 4. The van der Waals surface area contributed by atoms with Gasteiger partial charge >= 0.3 is 5.97 Å². The minimum Gasteiger partial charge on any atom is -0.465 e. The first-order valence-corrected chi connectivity index (χ1v) is 6.02. The number of anilines is 1. The third-order valence-electron chi connectivity index (χ3n) is 2.78. The van der Waals surface area contributed by atoms with E-state index in [9.17, 15) is 9.18 Å². The number of nitrogens with zero attached hydrogens (tertiary/aromatic N) is 2.